The molecule has 0 fully saturated rings. The lowest BCUT2D eigenvalue weighted by Crippen LogP contribution is -2.03. The lowest BCUT2D eigenvalue weighted by atomic mass is 10.0. The van der Waals surface area contributed by atoms with Crippen molar-refractivity contribution in [2.45, 2.75) is 6.92 Å². The summed E-state index contributed by atoms with van der Waals surface area (Å²) in [4.78, 5) is 10.2. The van der Waals surface area contributed by atoms with Crippen LogP contribution in [0.1, 0.15) is 5.69 Å². The standard InChI is InChI=1S/C37H22N4/c1-21-24-12-4-7-15-29(24)39-37(38-21)41-31-17-9-6-14-26(31)34-33(41)20-27-25-13-5-8-16-30(25)40-32-19-23-11-3-2-10-22(23)18-28(32)35(34)36(27)40/h2-20H,1H3. The van der Waals surface area contributed by atoms with Gasteiger partial charge in [0.2, 0.25) is 5.95 Å². The third kappa shape index (κ3) is 2.60. The zero-order valence-corrected chi connectivity index (χ0v) is 22.3. The van der Waals surface area contributed by atoms with Crippen LogP contribution in [0.4, 0.5) is 0 Å². The molecule has 4 aromatic heterocycles. The Labute approximate surface area is 234 Å². The molecule has 10 aromatic rings. The van der Waals surface area contributed by atoms with Gasteiger partial charge in [-0.25, -0.2) is 9.97 Å². The van der Waals surface area contributed by atoms with E-state index in [0.717, 1.165) is 27.6 Å². The van der Waals surface area contributed by atoms with Gasteiger partial charge in [-0.05, 0) is 54.1 Å². The molecule has 0 aliphatic heterocycles. The Balaban J connectivity index is 1.51. The Morgan fingerprint density at radius 3 is 2.02 bits per heavy atom. The molecule has 0 atom stereocenters. The van der Waals surface area contributed by atoms with Gasteiger partial charge in [-0.1, -0.05) is 78.9 Å². The Morgan fingerprint density at radius 1 is 0.488 bits per heavy atom. The van der Waals surface area contributed by atoms with E-state index in [1.54, 1.807) is 0 Å². The number of fused-ring (bicyclic) bond motifs is 12. The minimum Gasteiger partial charge on any atom is -0.308 e. The second-order valence-electron chi connectivity index (χ2n) is 11.1. The maximum atomic E-state index is 5.11. The fourth-order valence-electron chi connectivity index (χ4n) is 7.23. The predicted molar refractivity (Wildman–Crippen MR) is 171 cm³/mol. The average Bonchev–Trinajstić information content (AvgIpc) is 3.64. The molecule has 0 radical (unpaired) electrons. The molecule has 0 aliphatic carbocycles. The van der Waals surface area contributed by atoms with Crippen molar-refractivity contribution in [1.82, 2.24) is 18.9 Å². The molecule has 0 amide bonds. The van der Waals surface area contributed by atoms with E-state index in [1.165, 1.54) is 59.6 Å². The van der Waals surface area contributed by atoms with E-state index in [2.05, 4.69) is 119 Å². The van der Waals surface area contributed by atoms with Gasteiger partial charge >= 0.3 is 0 Å². The first-order valence-corrected chi connectivity index (χ1v) is 14.0. The number of para-hydroxylation sites is 3. The largest absolute Gasteiger partial charge is 0.308 e. The fourth-order valence-corrected chi connectivity index (χ4v) is 7.23. The first-order valence-electron chi connectivity index (χ1n) is 14.0. The summed E-state index contributed by atoms with van der Waals surface area (Å²) in [6.07, 6.45) is 0. The normalized spacial score (nSPS) is 12.5. The summed E-state index contributed by atoms with van der Waals surface area (Å²) in [5.41, 5.74) is 7.95. The maximum absolute atomic E-state index is 5.11. The lowest BCUT2D eigenvalue weighted by molar-refractivity contribution is 0.990. The second-order valence-corrected chi connectivity index (χ2v) is 11.1. The summed E-state index contributed by atoms with van der Waals surface area (Å²) in [6.45, 7) is 2.08. The summed E-state index contributed by atoms with van der Waals surface area (Å²) >= 11 is 0. The SMILES string of the molecule is Cc1nc(-n2c3ccccc3c3c4c5cc6ccccc6cc5n5c6ccccc6c(cc32)c45)nc2ccccc12. The van der Waals surface area contributed by atoms with Crippen molar-refractivity contribution in [1.29, 1.82) is 0 Å². The molecular formula is C37H22N4. The van der Waals surface area contributed by atoms with E-state index in [1.807, 2.05) is 12.1 Å². The molecule has 0 saturated carbocycles. The van der Waals surface area contributed by atoms with Gasteiger partial charge < -0.3 is 4.40 Å². The van der Waals surface area contributed by atoms with E-state index in [0.29, 0.717) is 5.95 Å². The number of nitrogens with zero attached hydrogens (tertiary/aromatic N) is 4. The summed E-state index contributed by atoms with van der Waals surface area (Å²) in [7, 11) is 0. The number of rotatable bonds is 1. The highest BCUT2D eigenvalue weighted by atomic mass is 15.2. The van der Waals surface area contributed by atoms with E-state index in [-0.39, 0.29) is 0 Å². The lowest BCUT2D eigenvalue weighted by Gasteiger charge is -2.09. The van der Waals surface area contributed by atoms with Gasteiger partial charge in [-0.3, -0.25) is 4.57 Å². The number of aryl methyl sites for hydroxylation is 1. The number of hydrogen-bond acceptors (Lipinski definition) is 2. The van der Waals surface area contributed by atoms with E-state index >= 15 is 0 Å². The molecule has 0 unspecified atom stereocenters. The van der Waals surface area contributed by atoms with Crippen LogP contribution >= 0.6 is 0 Å². The molecule has 41 heavy (non-hydrogen) atoms. The summed E-state index contributed by atoms with van der Waals surface area (Å²) in [6, 6.07) is 41.5. The van der Waals surface area contributed by atoms with E-state index in [4.69, 9.17) is 9.97 Å². The topological polar surface area (TPSA) is 35.1 Å². The van der Waals surface area contributed by atoms with Crippen LogP contribution in [-0.2, 0) is 0 Å². The highest BCUT2D eigenvalue weighted by molar-refractivity contribution is 6.36. The summed E-state index contributed by atoms with van der Waals surface area (Å²) in [5.74, 6) is 0.708. The van der Waals surface area contributed by atoms with Crippen LogP contribution < -0.4 is 0 Å². The van der Waals surface area contributed by atoms with Gasteiger partial charge in [0.05, 0.1) is 38.8 Å². The van der Waals surface area contributed by atoms with Crippen LogP contribution in [0.2, 0.25) is 0 Å². The van der Waals surface area contributed by atoms with E-state index in [9.17, 15) is 0 Å². The van der Waals surface area contributed by atoms with Crippen LogP contribution in [0, 0.1) is 6.92 Å². The van der Waals surface area contributed by atoms with Crippen molar-refractivity contribution in [2.24, 2.45) is 0 Å². The van der Waals surface area contributed by atoms with Crippen LogP contribution in [-0.4, -0.2) is 18.9 Å². The third-order valence-electron chi connectivity index (χ3n) is 8.95. The highest BCUT2D eigenvalue weighted by Crippen LogP contribution is 2.47. The van der Waals surface area contributed by atoms with Gasteiger partial charge in [-0.15, -0.1) is 0 Å². The average molecular weight is 523 g/mol. The second kappa shape index (κ2) is 7.38. The van der Waals surface area contributed by atoms with Gasteiger partial charge in [0.15, 0.2) is 0 Å². The molecule has 10 rings (SSSR count). The number of aromatic nitrogens is 4. The van der Waals surface area contributed by atoms with Gasteiger partial charge in [-0.2, -0.15) is 0 Å². The van der Waals surface area contributed by atoms with E-state index < -0.39 is 0 Å². The van der Waals surface area contributed by atoms with Crippen molar-refractivity contribution < 1.29 is 0 Å². The monoisotopic (exact) mass is 522 g/mol. The Kier molecular flexibility index (Phi) is 3.84. The first-order chi connectivity index (χ1) is 20.3. The molecule has 0 spiro atoms. The van der Waals surface area contributed by atoms with Gasteiger partial charge in [0.1, 0.15) is 0 Å². The van der Waals surface area contributed by atoms with Crippen LogP contribution in [0.5, 0.6) is 0 Å². The number of hydrogen-bond donors (Lipinski definition) is 0. The highest BCUT2D eigenvalue weighted by Gasteiger charge is 2.25. The summed E-state index contributed by atoms with van der Waals surface area (Å²) < 4.78 is 4.75. The molecule has 4 heteroatoms. The zero-order chi connectivity index (χ0) is 26.8. The molecule has 4 heterocycles. The van der Waals surface area contributed by atoms with Crippen molar-refractivity contribution in [3.05, 3.63) is 121 Å². The van der Waals surface area contributed by atoms with Gasteiger partial charge in [0, 0.05) is 37.7 Å². The molecule has 190 valence electrons. The Bertz CT molecular complexity index is 2710. The van der Waals surface area contributed by atoms with Crippen molar-refractivity contribution in [2.75, 3.05) is 0 Å². The fraction of sp³-hybridized carbons (Fsp3) is 0.0270. The van der Waals surface area contributed by atoms with Crippen LogP contribution in [0.3, 0.4) is 0 Å². The Morgan fingerprint density at radius 2 is 1.17 bits per heavy atom. The van der Waals surface area contributed by atoms with Crippen molar-refractivity contribution in [3.8, 4) is 5.95 Å². The minimum atomic E-state index is 0.708. The third-order valence-corrected chi connectivity index (χ3v) is 8.95. The molecule has 6 aromatic carbocycles. The van der Waals surface area contributed by atoms with Crippen molar-refractivity contribution >= 4 is 81.6 Å². The first kappa shape index (κ1) is 21.4. The molecule has 0 bridgehead atoms. The quantitative estimate of drug-likeness (QED) is 0.215. The zero-order valence-electron chi connectivity index (χ0n) is 22.3. The molecule has 0 aliphatic rings. The number of benzene rings is 6. The predicted octanol–water partition coefficient (Wildman–Crippen LogP) is 9.34. The maximum Gasteiger partial charge on any atom is 0.235 e. The summed E-state index contributed by atoms with van der Waals surface area (Å²) in [5, 5.41) is 11.1. The van der Waals surface area contributed by atoms with Gasteiger partial charge in [0.25, 0.3) is 0 Å². The van der Waals surface area contributed by atoms with Crippen LogP contribution in [0.15, 0.2) is 115 Å². The molecule has 4 nitrogen and oxygen atoms in total. The van der Waals surface area contributed by atoms with Crippen LogP contribution in [0.25, 0.3) is 87.5 Å². The Hall–Kier alpha value is -5.48. The molecule has 0 N–H and O–H groups in total. The smallest absolute Gasteiger partial charge is 0.235 e. The van der Waals surface area contributed by atoms with Crippen molar-refractivity contribution in [3.63, 3.8) is 0 Å². The molecular weight excluding hydrogens is 500 g/mol. The molecule has 0 saturated heterocycles. The minimum absolute atomic E-state index is 0.708.